The maximum atomic E-state index is 12.2. The normalized spacial score (nSPS) is 18.9. The lowest BCUT2D eigenvalue weighted by Gasteiger charge is -2.17. The first-order valence-corrected chi connectivity index (χ1v) is 3.66. The molecule has 1 aliphatic rings. The van der Waals surface area contributed by atoms with Gasteiger partial charge in [0.1, 0.15) is 12.0 Å². The van der Waals surface area contributed by atoms with Gasteiger partial charge in [-0.15, -0.1) is 0 Å². The average Bonchev–Trinajstić information content (AvgIpc) is 2.78. The molecule has 0 atom stereocenters. The first-order chi connectivity index (χ1) is 5.94. The van der Waals surface area contributed by atoms with Crippen LogP contribution in [-0.2, 0) is 4.79 Å². The zero-order chi connectivity index (χ0) is 10.1. The van der Waals surface area contributed by atoms with Gasteiger partial charge in [-0.2, -0.15) is 18.4 Å². The predicted molar refractivity (Wildman–Crippen MR) is 36.3 cm³/mol. The molecule has 72 valence electrons. The van der Waals surface area contributed by atoms with Crippen molar-refractivity contribution in [3.8, 4) is 6.07 Å². The van der Waals surface area contributed by atoms with Crippen molar-refractivity contribution in [1.82, 2.24) is 5.32 Å². The Labute approximate surface area is 72.5 Å². The minimum Gasteiger partial charge on any atom is -0.342 e. The Balaban J connectivity index is 2.62. The third-order valence-electron chi connectivity index (χ3n) is 2.06. The number of rotatable bonds is 2. The van der Waals surface area contributed by atoms with E-state index in [9.17, 15) is 18.0 Å². The molecule has 0 aliphatic heterocycles. The van der Waals surface area contributed by atoms with Gasteiger partial charge in [-0.1, -0.05) is 0 Å². The van der Waals surface area contributed by atoms with Crippen molar-refractivity contribution in [2.75, 3.05) is 6.54 Å². The summed E-state index contributed by atoms with van der Waals surface area (Å²) in [4.78, 5) is 11.0. The van der Waals surface area contributed by atoms with Crippen molar-refractivity contribution in [1.29, 1.82) is 5.26 Å². The van der Waals surface area contributed by atoms with E-state index in [1.807, 2.05) is 5.32 Å². The van der Waals surface area contributed by atoms with E-state index in [2.05, 4.69) is 0 Å². The van der Waals surface area contributed by atoms with Gasteiger partial charge in [0.05, 0.1) is 6.07 Å². The number of alkyl halides is 3. The van der Waals surface area contributed by atoms with Crippen LogP contribution in [0.4, 0.5) is 13.2 Å². The highest BCUT2D eigenvalue weighted by Gasteiger charge is 2.68. The second-order valence-corrected chi connectivity index (χ2v) is 2.92. The molecule has 1 saturated carbocycles. The predicted octanol–water partition coefficient (Wildman–Crippen LogP) is 0.969. The van der Waals surface area contributed by atoms with E-state index >= 15 is 0 Å². The summed E-state index contributed by atoms with van der Waals surface area (Å²) in [6.07, 6.45) is -4.84. The molecular weight excluding hydrogens is 185 g/mol. The fourth-order valence-corrected chi connectivity index (χ4v) is 1.05. The number of amides is 1. The van der Waals surface area contributed by atoms with Gasteiger partial charge in [-0.3, -0.25) is 4.79 Å². The molecule has 0 aromatic heterocycles. The van der Waals surface area contributed by atoms with Gasteiger partial charge in [0.2, 0.25) is 5.91 Å². The van der Waals surface area contributed by atoms with Crippen LogP contribution in [0.2, 0.25) is 0 Å². The summed E-state index contributed by atoms with van der Waals surface area (Å²) in [6, 6.07) is 1.55. The summed E-state index contributed by atoms with van der Waals surface area (Å²) in [5.74, 6) is -1.08. The molecule has 0 bridgehead atoms. The lowest BCUT2D eigenvalue weighted by Crippen LogP contribution is -2.41. The summed E-state index contributed by atoms with van der Waals surface area (Å²) in [5.41, 5.74) is -2.20. The number of nitrogens with zero attached hydrogens (tertiary/aromatic N) is 1. The second-order valence-electron chi connectivity index (χ2n) is 2.92. The van der Waals surface area contributed by atoms with E-state index in [1.165, 1.54) is 0 Å². The summed E-state index contributed by atoms with van der Waals surface area (Å²) in [6.45, 7) is -0.378. The molecule has 0 aromatic carbocycles. The highest BCUT2D eigenvalue weighted by atomic mass is 19.4. The van der Waals surface area contributed by atoms with Crippen molar-refractivity contribution in [3.63, 3.8) is 0 Å². The molecule has 1 fully saturated rings. The minimum atomic E-state index is -4.49. The Bertz CT molecular complexity index is 262. The van der Waals surface area contributed by atoms with E-state index in [0.717, 1.165) is 0 Å². The smallest absolute Gasteiger partial charge is 0.342 e. The van der Waals surface area contributed by atoms with Gasteiger partial charge in [0.15, 0.2) is 0 Å². The second kappa shape index (κ2) is 2.91. The Morgan fingerprint density at radius 3 is 2.38 bits per heavy atom. The van der Waals surface area contributed by atoms with Crippen LogP contribution < -0.4 is 5.32 Å². The van der Waals surface area contributed by atoms with Gasteiger partial charge in [0, 0.05) is 0 Å². The topological polar surface area (TPSA) is 52.9 Å². The largest absolute Gasteiger partial charge is 0.403 e. The lowest BCUT2D eigenvalue weighted by molar-refractivity contribution is -0.192. The zero-order valence-corrected chi connectivity index (χ0v) is 6.61. The Hall–Kier alpha value is -1.25. The molecule has 1 aliphatic carbocycles. The molecular formula is C7H7F3N2O. The van der Waals surface area contributed by atoms with Crippen molar-refractivity contribution >= 4 is 5.91 Å². The first kappa shape index (κ1) is 9.84. The third kappa shape index (κ3) is 1.59. The number of nitrogens with one attached hydrogen (secondary N) is 1. The van der Waals surface area contributed by atoms with Crippen LogP contribution in [0.25, 0.3) is 0 Å². The number of carbonyl (C=O) groups is 1. The van der Waals surface area contributed by atoms with E-state index in [1.54, 1.807) is 6.07 Å². The quantitative estimate of drug-likeness (QED) is 0.662. The molecule has 3 nitrogen and oxygen atoms in total. The van der Waals surface area contributed by atoms with Crippen LogP contribution in [0.5, 0.6) is 0 Å². The molecule has 0 saturated heterocycles. The maximum absolute atomic E-state index is 12.2. The van der Waals surface area contributed by atoms with E-state index in [-0.39, 0.29) is 19.4 Å². The standard InChI is InChI=1S/C7H7F3N2O/c8-7(9,10)6(1-2-6)5(13)12-4-3-11/h1-2,4H2,(H,12,13). The average molecular weight is 192 g/mol. The molecule has 0 spiro atoms. The fraction of sp³-hybridized carbons (Fsp3) is 0.714. The van der Waals surface area contributed by atoms with Crippen LogP contribution >= 0.6 is 0 Å². The summed E-state index contributed by atoms with van der Waals surface area (Å²) in [7, 11) is 0. The number of hydrogen-bond acceptors (Lipinski definition) is 2. The van der Waals surface area contributed by atoms with Crippen molar-refractivity contribution in [3.05, 3.63) is 0 Å². The zero-order valence-electron chi connectivity index (χ0n) is 6.61. The maximum Gasteiger partial charge on any atom is 0.403 e. The lowest BCUT2D eigenvalue weighted by atomic mass is 10.1. The highest BCUT2D eigenvalue weighted by molar-refractivity contribution is 5.86. The van der Waals surface area contributed by atoms with E-state index < -0.39 is 17.5 Å². The molecule has 0 radical (unpaired) electrons. The number of nitriles is 1. The molecule has 13 heavy (non-hydrogen) atoms. The molecule has 0 heterocycles. The van der Waals surface area contributed by atoms with Crippen molar-refractivity contribution in [2.24, 2.45) is 5.41 Å². The molecule has 1 rings (SSSR count). The highest BCUT2D eigenvalue weighted by Crippen LogP contribution is 2.57. The fourth-order valence-electron chi connectivity index (χ4n) is 1.05. The Kier molecular flexibility index (Phi) is 2.20. The molecule has 1 amide bonds. The van der Waals surface area contributed by atoms with Gasteiger partial charge in [-0.05, 0) is 12.8 Å². The summed E-state index contributed by atoms with van der Waals surface area (Å²) in [5, 5.41) is 9.98. The van der Waals surface area contributed by atoms with Crippen LogP contribution in [-0.4, -0.2) is 18.6 Å². The summed E-state index contributed by atoms with van der Waals surface area (Å²) < 4.78 is 36.7. The van der Waals surface area contributed by atoms with E-state index in [0.29, 0.717) is 0 Å². The van der Waals surface area contributed by atoms with Gasteiger partial charge in [-0.25, -0.2) is 0 Å². The number of halogens is 3. The van der Waals surface area contributed by atoms with Crippen LogP contribution in [0, 0.1) is 16.7 Å². The first-order valence-electron chi connectivity index (χ1n) is 3.66. The molecule has 6 heteroatoms. The number of carbonyl (C=O) groups excluding carboxylic acids is 1. The van der Waals surface area contributed by atoms with Gasteiger partial charge in [0.25, 0.3) is 0 Å². The monoisotopic (exact) mass is 192 g/mol. The minimum absolute atomic E-state index is 0.173. The summed E-state index contributed by atoms with van der Waals surface area (Å²) >= 11 is 0. The molecule has 1 N–H and O–H groups in total. The van der Waals surface area contributed by atoms with Gasteiger partial charge >= 0.3 is 6.18 Å². The third-order valence-corrected chi connectivity index (χ3v) is 2.06. The number of hydrogen-bond donors (Lipinski definition) is 1. The Morgan fingerprint density at radius 1 is 1.54 bits per heavy atom. The molecule has 0 unspecified atom stereocenters. The van der Waals surface area contributed by atoms with Crippen molar-refractivity contribution in [2.45, 2.75) is 19.0 Å². The van der Waals surface area contributed by atoms with Crippen LogP contribution in [0.3, 0.4) is 0 Å². The SMILES string of the molecule is N#CCNC(=O)C1(C(F)(F)F)CC1. The van der Waals surface area contributed by atoms with Crippen LogP contribution in [0.1, 0.15) is 12.8 Å². The van der Waals surface area contributed by atoms with E-state index in [4.69, 9.17) is 5.26 Å². The molecule has 0 aromatic rings. The van der Waals surface area contributed by atoms with Crippen molar-refractivity contribution < 1.29 is 18.0 Å². The van der Waals surface area contributed by atoms with Gasteiger partial charge < -0.3 is 5.32 Å². The Morgan fingerprint density at radius 2 is 2.08 bits per heavy atom. The van der Waals surface area contributed by atoms with Crippen LogP contribution in [0.15, 0.2) is 0 Å².